The number of hydrogen-bond acceptors (Lipinski definition) is 19. The molecule has 2 heterocycles. The van der Waals surface area contributed by atoms with E-state index in [0.29, 0.717) is 0 Å². The summed E-state index contributed by atoms with van der Waals surface area (Å²) in [5.41, 5.74) is 21.8. The maximum absolute atomic E-state index is 13.2. The summed E-state index contributed by atoms with van der Waals surface area (Å²) in [7, 11) is 0. The van der Waals surface area contributed by atoms with Gasteiger partial charge in [-0.2, -0.15) is 0 Å². The van der Waals surface area contributed by atoms with E-state index in [4.69, 9.17) is 52.4 Å². The minimum atomic E-state index is -1.97. The number of carbonyl (C=O) groups excluding carboxylic acids is 1. The minimum absolute atomic E-state index is 0.0668. The van der Waals surface area contributed by atoms with E-state index in [1.165, 1.54) is 0 Å². The van der Waals surface area contributed by atoms with Crippen molar-refractivity contribution in [3.8, 4) is 0 Å². The fourth-order valence-electron chi connectivity index (χ4n) is 6.13. The highest BCUT2D eigenvalue weighted by atomic mass is 16.7. The first-order valence-corrected chi connectivity index (χ1v) is 15.6. The molecule has 2 saturated carbocycles. The summed E-state index contributed by atoms with van der Waals surface area (Å²) < 4.78 is 23.2. The molecule has 2 aliphatic heterocycles. The number of aliphatic hydroxyl groups excluding tert-OH is 8. The van der Waals surface area contributed by atoms with Crippen LogP contribution in [-0.4, -0.2) is 194 Å². The Hall–Kier alpha value is -1.94. The van der Waals surface area contributed by atoms with Crippen LogP contribution in [0.5, 0.6) is 0 Å². The molecule has 0 aromatic carbocycles. The predicted octanol–water partition coefficient (Wildman–Crippen LogP) is -10.2. The molecule has 2 aliphatic carbocycles. The number of nitrogens with one attached hydrogen (secondary N) is 4. The summed E-state index contributed by atoms with van der Waals surface area (Å²) in [5.74, 6) is -1.39. The fourth-order valence-corrected chi connectivity index (χ4v) is 6.13. The molecule has 48 heavy (non-hydrogen) atoms. The van der Waals surface area contributed by atoms with E-state index in [-0.39, 0.29) is 25.9 Å². The van der Waals surface area contributed by atoms with Crippen LogP contribution in [0.3, 0.4) is 0 Å². The zero-order chi connectivity index (χ0) is 35.7. The molecule has 4 rings (SSSR count). The van der Waals surface area contributed by atoms with Crippen molar-refractivity contribution < 1.29 is 69.7 Å². The maximum Gasteiger partial charge on any atom is 0.254 e. The summed E-state index contributed by atoms with van der Waals surface area (Å²) in [4.78, 5) is 13.2. The molecule has 21 N–H and O–H groups in total. The summed E-state index contributed by atoms with van der Waals surface area (Å²) >= 11 is 0. The van der Waals surface area contributed by atoms with Crippen LogP contribution in [0, 0.1) is 5.41 Å². The van der Waals surface area contributed by atoms with Crippen molar-refractivity contribution in [1.82, 2.24) is 16.0 Å². The van der Waals surface area contributed by atoms with Gasteiger partial charge in [0.25, 0.3) is 5.91 Å². The van der Waals surface area contributed by atoms with Gasteiger partial charge in [0.05, 0.1) is 43.5 Å². The summed E-state index contributed by atoms with van der Waals surface area (Å²) in [6.45, 7) is -1.40. The lowest BCUT2D eigenvalue weighted by molar-refractivity contribution is -0.320. The highest BCUT2D eigenvalue weighted by Gasteiger charge is 2.61. The smallest absolute Gasteiger partial charge is 0.254 e. The molecule has 2 saturated heterocycles. The van der Waals surface area contributed by atoms with Crippen LogP contribution in [0.15, 0.2) is 0 Å². The second-order valence-electron chi connectivity index (χ2n) is 12.8. The van der Waals surface area contributed by atoms with Gasteiger partial charge in [-0.3, -0.25) is 10.2 Å². The van der Waals surface area contributed by atoms with Crippen LogP contribution in [0.1, 0.15) is 12.8 Å². The van der Waals surface area contributed by atoms with Gasteiger partial charge in [-0.15, -0.1) is 0 Å². The van der Waals surface area contributed by atoms with Gasteiger partial charge in [-0.1, -0.05) is 0 Å². The third-order valence-electron chi connectivity index (χ3n) is 9.19. The SMILES string of the molecule is N=C(N)NC1CC1(O)C(=O)N[C@@H]1C[C@H](N)C(O[C@H]2O[C@H](CNCC(O)CO)[C@@H](O)[C@H](O)[C@H]2N)[C@H](O)[C@H]1O[C@H]1O[C@H](CO)[C@@H](O)[C@H](N)[C@H]1O. The predicted molar refractivity (Wildman–Crippen MR) is 159 cm³/mol. The first-order chi connectivity index (χ1) is 22.5. The molecule has 18 atom stereocenters. The van der Waals surface area contributed by atoms with Crippen molar-refractivity contribution >= 4 is 11.9 Å². The molecule has 4 aliphatic rings. The molecule has 0 spiro atoms. The quantitative estimate of drug-likeness (QED) is 0.0627. The summed E-state index contributed by atoms with van der Waals surface area (Å²) in [6.07, 6.45) is -17.8. The zero-order valence-electron chi connectivity index (χ0n) is 25.9. The van der Waals surface area contributed by atoms with Crippen molar-refractivity contribution in [1.29, 1.82) is 5.41 Å². The largest absolute Gasteiger partial charge is 0.394 e. The molecule has 0 aromatic rings. The minimum Gasteiger partial charge on any atom is -0.394 e. The Morgan fingerprint density at radius 3 is 2.17 bits per heavy atom. The molecule has 1 amide bonds. The van der Waals surface area contributed by atoms with Gasteiger partial charge < -0.3 is 104 Å². The van der Waals surface area contributed by atoms with Crippen LogP contribution in [0.4, 0.5) is 0 Å². The number of rotatable bonds is 13. The third-order valence-corrected chi connectivity index (χ3v) is 9.19. The molecule has 22 heteroatoms. The van der Waals surface area contributed by atoms with E-state index in [2.05, 4.69) is 16.0 Å². The van der Waals surface area contributed by atoms with Crippen molar-refractivity contribution in [2.24, 2.45) is 22.9 Å². The Kier molecular flexibility index (Phi) is 12.9. The maximum atomic E-state index is 13.2. The molecule has 0 aromatic heterocycles. The van der Waals surface area contributed by atoms with Crippen LogP contribution >= 0.6 is 0 Å². The number of guanidine groups is 1. The number of hydrogen-bond donors (Lipinski definition) is 17. The van der Waals surface area contributed by atoms with Gasteiger partial charge in [0.2, 0.25) is 0 Å². The van der Waals surface area contributed by atoms with Crippen LogP contribution in [0.2, 0.25) is 0 Å². The normalized spacial score (nSPS) is 46.8. The lowest BCUT2D eigenvalue weighted by atomic mass is 9.83. The summed E-state index contributed by atoms with van der Waals surface area (Å²) in [6, 6.07) is -5.84. The number of amides is 1. The lowest BCUT2D eigenvalue weighted by Gasteiger charge is -2.49. The average Bonchev–Trinajstić information content (AvgIpc) is 3.70. The number of nitrogens with two attached hydrogens (primary N) is 4. The van der Waals surface area contributed by atoms with E-state index >= 15 is 0 Å². The first kappa shape index (κ1) is 38.9. The van der Waals surface area contributed by atoms with Gasteiger partial charge in [0.1, 0.15) is 54.9 Å². The standard InChI is InChI=1S/C26H50N8O14/c27-8-1-9(33-24(43)26(44)2-12(26)34-25(30)31)21(48-23-18(41)13(28)15(38)11(6-36)46-23)19(42)20(8)47-22-14(29)17(40)16(39)10(45-22)4-32-3-7(37)5-35/h7-23,32,35-42,44H,1-6,27-29H2,(H,33,43)(H4,30,31,34)/t7?,8-,9+,10+,11+,12?,13-,14+,15+,16+,17+,18+,19-,20?,21-,22+,23+,26?/m0/s1. The van der Waals surface area contributed by atoms with Crippen molar-refractivity contribution in [3.05, 3.63) is 0 Å². The molecule has 278 valence electrons. The molecule has 22 nitrogen and oxygen atoms in total. The van der Waals surface area contributed by atoms with Gasteiger partial charge in [-0.05, 0) is 6.42 Å². The Labute approximate surface area is 274 Å². The van der Waals surface area contributed by atoms with Gasteiger partial charge in [-0.25, -0.2) is 0 Å². The van der Waals surface area contributed by atoms with E-state index < -0.39 is 135 Å². The Balaban J connectivity index is 1.54. The van der Waals surface area contributed by atoms with Crippen LogP contribution < -0.4 is 38.9 Å². The monoisotopic (exact) mass is 698 g/mol. The van der Waals surface area contributed by atoms with Gasteiger partial charge in [0.15, 0.2) is 24.1 Å². The Morgan fingerprint density at radius 2 is 1.54 bits per heavy atom. The Morgan fingerprint density at radius 1 is 0.896 bits per heavy atom. The second kappa shape index (κ2) is 15.9. The highest BCUT2D eigenvalue weighted by molar-refractivity contribution is 5.91. The third kappa shape index (κ3) is 8.33. The van der Waals surface area contributed by atoms with Crippen molar-refractivity contribution in [2.45, 2.75) is 122 Å². The van der Waals surface area contributed by atoms with Crippen molar-refractivity contribution in [3.63, 3.8) is 0 Å². The molecule has 0 bridgehead atoms. The molecule has 4 unspecified atom stereocenters. The summed E-state index contributed by atoms with van der Waals surface area (Å²) in [5, 5.41) is 108. The Bertz CT molecular complexity index is 1100. The lowest BCUT2D eigenvalue weighted by Crippen LogP contribution is -2.70. The second-order valence-corrected chi connectivity index (χ2v) is 12.8. The number of aliphatic hydroxyl groups is 9. The molecule has 0 radical (unpaired) electrons. The average molecular weight is 699 g/mol. The molecular weight excluding hydrogens is 648 g/mol. The molecule has 4 fully saturated rings. The van der Waals surface area contributed by atoms with E-state index in [9.17, 15) is 45.6 Å². The van der Waals surface area contributed by atoms with Gasteiger partial charge >= 0.3 is 0 Å². The van der Waals surface area contributed by atoms with Crippen molar-refractivity contribution in [2.75, 3.05) is 26.3 Å². The topological polar surface area (TPSA) is 400 Å². The zero-order valence-corrected chi connectivity index (χ0v) is 25.9. The van der Waals surface area contributed by atoms with Gasteiger partial charge in [0, 0.05) is 25.6 Å². The number of ether oxygens (including phenoxy) is 4. The fraction of sp³-hybridized carbons (Fsp3) is 0.923. The van der Waals surface area contributed by atoms with E-state index in [1.807, 2.05) is 0 Å². The van der Waals surface area contributed by atoms with E-state index in [1.54, 1.807) is 0 Å². The van der Waals surface area contributed by atoms with E-state index in [0.717, 1.165) is 0 Å². The molecular formula is C26H50N8O14. The van der Waals surface area contributed by atoms with Crippen LogP contribution in [0.25, 0.3) is 0 Å². The highest BCUT2D eigenvalue weighted by Crippen LogP contribution is 2.37. The number of carbonyl (C=O) groups is 1. The first-order valence-electron chi connectivity index (χ1n) is 15.6. The van der Waals surface area contributed by atoms with Crippen LogP contribution in [-0.2, 0) is 23.7 Å².